The second-order valence-corrected chi connectivity index (χ2v) is 10.1. The molecule has 4 amide bonds. The Bertz CT molecular complexity index is 680. The molecule has 0 saturated carbocycles. The van der Waals surface area contributed by atoms with Crippen molar-refractivity contribution in [1.29, 1.82) is 0 Å². The van der Waals surface area contributed by atoms with Gasteiger partial charge in [-0.25, -0.2) is 0 Å². The maximum absolute atomic E-state index is 13.4. The minimum absolute atomic E-state index is 0.0871. The molecule has 5 atom stereocenters. The van der Waals surface area contributed by atoms with Crippen molar-refractivity contribution in [2.24, 2.45) is 35.1 Å². The quantitative estimate of drug-likeness (QED) is 0.600. The molecule has 0 radical (unpaired) electrons. The van der Waals surface area contributed by atoms with Gasteiger partial charge in [-0.15, -0.1) is 0 Å². The van der Waals surface area contributed by atoms with E-state index in [2.05, 4.69) is 13.8 Å². The van der Waals surface area contributed by atoms with Gasteiger partial charge >= 0.3 is 0 Å². The van der Waals surface area contributed by atoms with Crippen LogP contribution in [0.3, 0.4) is 0 Å². The molecule has 176 valence electrons. The van der Waals surface area contributed by atoms with E-state index in [4.69, 9.17) is 11.5 Å². The molecule has 2 saturated heterocycles. The zero-order chi connectivity index (χ0) is 23.3. The lowest BCUT2D eigenvalue weighted by Gasteiger charge is -2.39. The fourth-order valence-electron chi connectivity index (χ4n) is 4.97. The lowest BCUT2D eigenvalue weighted by atomic mass is 9.87. The van der Waals surface area contributed by atoms with E-state index < -0.39 is 23.9 Å². The number of hydrogen-bond donors (Lipinski definition) is 2. The summed E-state index contributed by atoms with van der Waals surface area (Å²) in [6, 6.07) is -1.15. The Morgan fingerprint density at radius 1 is 0.871 bits per heavy atom. The van der Waals surface area contributed by atoms with Gasteiger partial charge in [0.2, 0.25) is 23.6 Å². The van der Waals surface area contributed by atoms with Crippen molar-refractivity contribution in [3.05, 3.63) is 0 Å². The van der Waals surface area contributed by atoms with Crippen molar-refractivity contribution in [3.63, 3.8) is 0 Å². The minimum Gasteiger partial charge on any atom is -0.368 e. The third kappa shape index (κ3) is 6.68. The molecule has 5 unspecified atom stereocenters. The highest BCUT2D eigenvalue weighted by Crippen LogP contribution is 2.29. The van der Waals surface area contributed by atoms with Gasteiger partial charge in [-0.05, 0) is 56.3 Å². The largest absolute Gasteiger partial charge is 0.368 e. The van der Waals surface area contributed by atoms with E-state index in [0.29, 0.717) is 50.6 Å². The van der Waals surface area contributed by atoms with Crippen LogP contribution >= 0.6 is 0 Å². The van der Waals surface area contributed by atoms with Crippen molar-refractivity contribution in [1.82, 2.24) is 9.80 Å². The predicted molar refractivity (Wildman–Crippen MR) is 118 cm³/mol. The number of amides is 4. The van der Waals surface area contributed by atoms with Gasteiger partial charge in [0, 0.05) is 25.4 Å². The maximum atomic E-state index is 13.4. The highest BCUT2D eigenvalue weighted by atomic mass is 16.2. The molecule has 2 aliphatic heterocycles. The Kier molecular flexibility index (Phi) is 8.89. The van der Waals surface area contributed by atoms with Crippen LogP contribution in [0.5, 0.6) is 0 Å². The van der Waals surface area contributed by atoms with Crippen molar-refractivity contribution >= 4 is 23.6 Å². The third-order valence-corrected chi connectivity index (χ3v) is 6.80. The molecule has 0 aliphatic carbocycles. The molecule has 0 spiro atoms. The van der Waals surface area contributed by atoms with E-state index in [1.165, 1.54) is 0 Å². The minimum atomic E-state index is -0.579. The third-order valence-electron chi connectivity index (χ3n) is 6.80. The van der Waals surface area contributed by atoms with Crippen molar-refractivity contribution in [2.45, 2.75) is 84.7 Å². The van der Waals surface area contributed by atoms with Crippen LogP contribution in [0.15, 0.2) is 0 Å². The van der Waals surface area contributed by atoms with E-state index in [-0.39, 0.29) is 30.1 Å². The van der Waals surface area contributed by atoms with Gasteiger partial charge in [-0.1, -0.05) is 27.7 Å². The molecule has 2 fully saturated rings. The summed E-state index contributed by atoms with van der Waals surface area (Å²) in [5.74, 6) is -0.536. The SMILES string of the molecule is CC(C)CC(CCC(=O)N1CCC(C)CC1C(N)=O)C(=O)N1CCC(C)CC1C(N)=O. The standard InChI is InChI=1S/C23H40N4O4/c1-14(2)11-17(23(31)27-10-8-16(4)13-19(27)22(25)30)5-6-20(28)26-9-7-15(3)12-18(26)21(24)29/h14-19H,5-13H2,1-4H3,(H2,24,29)(H2,25,30). The molecular weight excluding hydrogens is 396 g/mol. The molecule has 4 N–H and O–H groups in total. The number of hydrogen-bond acceptors (Lipinski definition) is 4. The first-order valence-electron chi connectivity index (χ1n) is 11.7. The molecule has 2 heterocycles. The molecule has 0 aromatic rings. The van der Waals surface area contributed by atoms with Crippen LogP contribution in [0.1, 0.15) is 72.6 Å². The Morgan fingerprint density at radius 2 is 1.35 bits per heavy atom. The van der Waals surface area contributed by atoms with Crippen LogP contribution in [0.2, 0.25) is 0 Å². The summed E-state index contributed by atoms with van der Waals surface area (Å²) in [5.41, 5.74) is 11.1. The van der Waals surface area contributed by atoms with Gasteiger partial charge in [0.15, 0.2) is 0 Å². The zero-order valence-electron chi connectivity index (χ0n) is 19.5. The highest BCUT2D eigenvalue weighted by Gasteiger charge is 2.38. The smallest absolute Gasteiger partial charge is 0.240 e. The van der Waals surface area contributed by atoms with Crippen molar-refractivity contribution in [2.75, 3.05) is 13.1 Å². The number of nitrogens with zero attached hydrogens (tertiary/aromatic N) is 2. The van der Waals surface area contributed by atoms with Gasteiger partial charge in [-0.3, -0.25) is 19.2 Å². The van der Waals surface area contributed by atoms with Crippen molar-refractivity contribution in [3.8, 4) is 0 Å². The molecule has 0 bridgehead atoms. The average Bonchev–Trinajstić information content (AvgIpc) is 2.69. The normalized spacial score (nSPS) is 27.8. The number of likely N-dealkylation sites (tertiary alicyclic amines) is 2. The summed E-state index contributed by atoms with van der Waals surface area (Å²) >= 11 is 0. The highest BCUT2D eigenvalue weighted by molar-refractivity contribution is 5.89. The van der Waals surface area contributed by atoms with E-state index >= 15 is 0 Å². The fraction of sp³-hybridized carbons (Fsp3) is 0.826. The topological polar surface area (TPSA) is 127 Å². The summed E-state index contributed by atoms with van der Waals surface area (Å²) in [7, 11) is 0. The number of piperidine rings is 2. The summed E-state index contributed by atoms with van der Waals surface area (Å²) in [6.45, 7) is 9.25. The first kappa shape index (κ1) is 25.1. The number of rotatable bonds is 8. The van der Waals surface area contributed by atoms with E-state index in [1.807, 2.05) is 13.8 Å². The number of carbonyl (C=O) groups excluding carboxylic acids is 4. The summed E-state index contributed by atoms with van der Waals surface area (Å²) in [6.07, 6.45) is 4.07. The Balaban J connectivity index is 2.08. The van der Waals surface area contributed by atoms with Crippen LogP contribution in [-0.4, -0.2) is 58.6 Å². The molecule has 8 nitrogen and oxygen atoms in total. The van der Waals surface area contributed by atoms with Gasteiger partial charge in [-0.2, -0.15) is 0 Å². The van der Waals surface area contributed by atoms with Gasteiger partial charge in [0.25, 0.3) is 0 Å². The first-order valence-corrected chi connectivity index (χ1v) is 11.7. The molecular formula is C23H40N4O4. The van der Waals surface area contributed by atoms with E-state index in [0.717, 1.165) is 12.8 Å². The Hall–Kier alpha value is -2.12. The molecule has 31 heavy (non-hydrogen) atoms. The van der Waals surface area contributed by atoms with E-state index in [9.17, 15) is 19.2 Å². The number of nitrogens with two attached hydrogens (primary N) is 2. The molecule has 8 heteroatoms. The van der Waals surface area contributed by atoms with Gasteiger partial charge in [0.05, 0.1) is 0 Å². The second kappa shape index (κ2) is 11.0. The average molecular weight is 437 g/mol. The van der Waals surface area contributed by atoms with Crippen LogP contribution in [-0.2, 0) is 19.2 Å². The Labute approximate surface area is 186 Å². The monoisotopic (exact) mass is 436 g/mol. The maximum Gasteiger partial charge on any atom is 0.240 e. The molecule has 2 rings (SSSR count). The van der Waals surface area contributed by atoms with Crippen LogP contribution < -0.4 is 11.5 Å². The lowest BCUT2D eigenvalue weighted by Crippen LogP contribution is -2.54. The second-order valence-electron chi connectivity index (χ2n) is 10.1. The summed E-state index contributed by atoms with van der Waals surface area (Å²) in [5, 5.41) is 0. The van der Waals surface area contributed by atoms with Gasteiger partial charge in [0.1, 0.15) is 12.1 Å². The van der Waals surface area contributed by atoms with Crippen LogP contribution in [0, 0.1) is 23.7 Å². The summed E-state index contributed by atoms with van der Waals surface area (Å²) in [4.78, 5) is 53.4. The predicted octanol–water partition coefficient (Wildman–Crippen LogP) is 1.65. The number of primary amides is 2. The molecule has 0 aromatic carbocycles. The lowest BCUT2D eigenvalue weighted by molar-refractivity contribution is -0.147. The molecule has 2 aliphatic rings. The van der Waals surface area contributed by atoms with Crippen molar-refractivity contribution < 1.29 is 19.2 Å². The Morgan fingerprint density at radius 3 is 1.84 bits per heavy atom. The first-order chi connectivity index (χ1) is 14.5. The summed E-state index contributed by atoms with van der Waals surface area (Å²) < 4.78 is 0. The molecule has 0 aromatic heterocycles. The fourth-order valence-corrected chi connectivity index (χ4v) is 4.97. The van der Waals surface area contributed by atoms with E-state index in [1.54, 1.807) is 9.80 Å². The van der Waals surface area contributed by atoms with Crippen LogP contribution in [0.4, 0.5) is 0 Å². The zero-order valence-corrected chi connectivity index (χ0v) is 19.5. The number of carbonyl (C=O) groups is 4. The van der Waals surface area contributed by atoms with Gasteiger partial charge < -0.3 is 21.3 Å². The van der Waals surface area contributed by atoms with Crippen LogP contribution in [0.25, 0.3) is 0 Å².